The van der Waals surface area contributed by atoms with E-state index in [1.807, 2.05) is 30.3 Å². The topological polar surface area (TPSA) is 167 Å². The maximum atomic E-state index is 11.3. The molecule has 0 aliphatic rings. The van der Waals surface area contributed by atoms with E-state index in [2.05, 4.69) is 30.1 Å². The SMILES string of the molecule is Nc1nc(Nc2ccc(S(N)(=O)=O)cc2)nn1-c1nc(Nc2ccccc2)ns1. The Balaban J connectivity index is 1.51. The molecule has 148 valence electrons. The van der Waals surface area contributed by atoms with E-state index in [-0.39, 0.29) is 16.8 Å². The molecule has 0 spiro atoms. The second kappa shape index (κ2) is 7.46. The summed E-state index contributed by atoms with van der Waals surface area (Å²) < 4.78 is 28.2. The molecule has 0 unspecified atom stereocenters. The first-order valence-electron chi connectivity index (χ1n) is 8.17. The van der Waals surface area contributed by atoms with Gasteiger partial charge in [0.2, 0.25) is 33.0 Å². The average Bonchev–Trinajstić information content (AvgIpc) is 3.28. The third-order valence-corrected chi connectivity index (χ3v) is 5.32. The van der Waals surface area contributed by atoms with Crippen LogP contribution in [0.15, 0.2) is 59.5 Å². The van der Waals surface area contributed by atoms with Gasteiger partial charge < -0.3 is 16.4 Å². The fourth-order valence-corrected chi connectivity index (χ4v) is 3.49. The van der Waals surface area contributed by atoms with Crippen LogP contribution in [0.4, 0.5) is 29.2 Å². The molecule has 0 saturated heterocycles. The number of benzene rings is 2. The van der Waals surface area contributed by atoms with Crippen LogP contribution in [0.3, 0.4) is 0 Å². The molecule has 0 aliphatic heterocycles. The predicted molar refractivity (Wildman–Crippen MR) is 110 cm³/mol. The molecule has 13 heteroatoms. The van der Waals surface area contributed by atoms with Gasteiger partial charge in [0.1, 0.15) is 0 Å². The molecule has 4 aromatic rings. The number of hydrogen-bond donors (Lipinski definition) is 4. The number of nitrogens with one attached hydrogen (secondary N) is 2. The van der Waals surface area contributed by atoms with Crippen LogP contribution < -0.4 is 21.5 Å². The molecule has 2 heterocycles. The molecule has 2 aromatic carbocycles. The average molecular weight is 429 g/mol. The Bertz CT molecular complexity index is 1240. The van der Waals surface area contributed by atoms with Gasteiger partial charge in [0.05, 0.1) is 4.90 Å². The Kier molecular flexibility index (Phi) is 4.84. The second-order valence-electron chi connectivity index (χ2n) is 5.79. The third kappa shape index (κ3) is 4.31. The maximum Gasteiger partial charge on any atom is 0.248 e. The van der Waals surface area contributed by atoms with Crippen molar-refractivity contribution >= 4 is 50.8 Å². The number of para-hydroxylation sites is 1. The summed E-state index contributed by atoms with van der Waals surface area (Å²) in [5.41, 5.74) is 7.37. The highest BCUT2D eigenvalue weighted by Crippen LogP contribution is 2.22. The lowest BCUT2D eigenvalue weighted by Gasteiger charge is -2.02. The predicted octanol–water partition coefficient (Wildman–Crippen LogP) is 1.84. The minimum atomic E-state index is -3.75. The normalized spacial score (nSPS) is 11.3. The highest BCUT2D eigenvalue weighted by Gasteiger charge is 2.14. The van der Waals surface area contributed by atoms with E-state index in [0.29, 0.717) is 16.8 Å². The fourth-order valence-electron chi connectivity index (χ4n) is 2.38. The first kappa shape index (κ1) is 18.8. The summed E-state index contributed by atoms with van der Waals surface area (Å²) in [6.07, 6.45) is 0. The summed E-state index contributed by atoms with van der Waals surface area (Å²) in [7, 11) is -3.75. The molecular formula is C16H15N9O2S2. The Labute approximate surface area is 169 Å². The van der Waals surface area contributed by atoms with Crippen molar-refractivity contribution in [3.63, 3.8) is 0 Å². The summed E-state index contributed by atoms with van der Waals surface area (Å²) in [6.45, 7) is 0. The van der Waals surface area contributed by atoms with Gasteiger partial charge in [-0.1, -0.05) is 18.2 Å². The zero-order valence-corrected chi connectivity index (χ0v) is 16.4. The zero-order valence-electron chi connectivity index (χ0n) is 14.7. The lowest BCUT2D eigenvalue weighted by atomic mass is 10.3. The van der Waals surface area contributed by atoms with E-state index in [4.69, 9.17) is 10.9 Å². The van der Waals surface area contributed by atoms with E-state index in [1.54, 1.807) is 12.1 Å². The molecule has 2 aromatic heterocycles. The smallest absolute Gasteiger partial charge is 0.248 e. The van der Waals surface area contributed by atoms with Crippen LogP contribution in [-0.2, 0) is 10.0 Å². The molecule has 0 saturated carbocycles. The Hall–Kier alpha value is -3.55. The van der Waals surface area contributed by atoms with Gasteiger partial charge in [-0.2, -0.15) is 19.0 Å². The number of nitrogens with zero attached hydrogens (tertiary/aromatic N) is 5. The van der Waals surface area contributed by atoms with Gasteiger partial charge in [0.25, 0.3) is 0 Å². The monoisotopic (exact) mass is 429 g/mol. The number of anilines is 5. The van der Waals surface area contributed by atoms with Crippen LogP contribution in [-0.4, -0.2) is 32.5 Å². The molecule has 4 rings (SSSR count). The van der Waals surface area contributed by atoms with Crippen LogP contribution in [0.25, 0.3) is 5.13 Å². The Morgan fingerprint density at radius 3 is 2.24 bits per heavy atom. The Morgan fingerprint density at radius 1 is 0.897 bits per heavy atom. The van der Waals surface area contributed by atoms with Crippen LogP contribution >= 0.6 is 11.5 Å². The third-order valence-electron chi connectivity index (χ3n) is 3.70. The standard InChI is InChI=1S/C16H15N9O2S2/c17-13-21-14(19-11-6-8-12(9-7-11)29(18,26)27)23-25(13)16-22-15(24-28-16)20-10-4-2-1-3-5-10/h1-9H,(H,20,24)(H2,18,26,27)(H3,17,19,21,23). The molecule has 0 aliphatic carbocycles. The van der Waals surface area contributed by atoms with E-state index < -0.39 is 10.0 Å². The van der Waals surface area contributed by atoms with Crippen LogP contribution in [0.5, 0.6) is 0 Å². The van der Waals surface area contributed by atoms with Crippen LogP contribution in [0.1, 0.15) is 0 Å². The zero-order chi connectivity index (χ0) is 20.4. The van der Waals surface area contributed by atoms with Gasteiger partial charge in [0, 0.05) is 22.9 Å². The molecule has 11 nitrogen and oxygen atoms in total. The van der Waals surface area contributed by atoms with Crippen molar-refractivity contribution in [2.75, 3.05) is 16.4 Å². The summed E-state index contributed by atoms with van der Waals surface area (Å²) >= 11 is 1.11. The molecule has 0 radical (unpaired) electrons. The summed E-state index contributed by atoms with van der Waals surface area (Å²) in [6, 6.07) is 15.4. The van der Waals surface area contributed by atoms with Gasteiger partial charge in [-0.3, -0.25) is 0 Å². The van der Waals surface area contributed by atoms with Crippen molar-refractivity contribution in [3.8, 4) is 5.13 Å². The quantitative estimate of drug-likeness (QED) is 0.357. The highest BCUT2D eigenvalue weighted by atomic mass is 32.2. The number of sulfonamides is 1. The van der Waals surface area contributed by atoms with Gasteiger partial charge in [-0.05, 0) is 36.4 Å². The van der Waals surface area contributed by atoms with Gasteiger partial charge in [0.15, 0.2) is 0 Å². The number of primary sulfonamides is 1. The number of nitrogens with two attached hydrogens (primary N) is 2. The van der Waals surface area contributed by atoms with E-state index in [9.17, 15) is 8.42 Å². The molecule has 6 N–H and O–H groups in total. The molecule has 0 atom stereocenters. The van der Waals surface area contributed by atoms with Crippen molar-refractivity contribution < 1.29 is 8.42 Å². The molecule has 0 fully saturated rings. The van der Waals surface area contributed by atoms with E-state index in [1.165, 1.54) is 16.8 Å². The molecule has 29 heavy (non-hydrogen) atoms. The highest BCUT2D eigenvalue weighted by molar-refractivity contribution is 7.89. The van der Waals surface area contributed by atoms with Gasteiger partial charge in [-0.25, -0.2) is 13.6 Å². The summed E-state index contributed by atoms with van der Waals surface area (Å²) in [5, 5.41) is 15.8. The summed E-state index contributed by atoms with van der Waals surface area (Å²) in [5.74, 6) is 0.758. The van der Waals surface area contributed by atoms with Crippen molar-refractivity contribution in [2.24, 2.45) is 5.14 Å². The minimum Gasteiger partial charge on any atom is -0.368 e. The molecular weight excluding hydrogens is 414 g/mol. The first-order chi connectivity index (χ1) is 13.9. The first-order valence-corrected chi connectivity index (χ1v) is 10.5. The van der Waals surface area contributed by atoms with Crippen LogP contribution in [0, 0.1) is 0 Å². The lowest BCUT2D eigenvalue weighted by Crippen LogP contribution is -2.11. The summed E-state index contributed by atoms with van der Waals surface area (Å²) in [4.78, 5) is 8.51. The van der Waals surface area contributed by atoms with Gasteiger partial charge in [-0.15, -0.1) is 5.10 Å². The second-order valence-corrected chi connectivity index (χ2v) is 8.08. The largest absolute Gasteiger partial charge is 0.368 e. The molecule has 0 amide bonds. The number of nitrogen functional groups attached to an aromatic ring is 1. The van der Waals surface area contributed by atoms with E-state index in [0.717, 1.165) is 17.2 Å². The number of hydrogen-bond acceptors (Lipinski definition) is 10. The van der Waals surface area contributed by atoms with E-state index >= 15 is 0 Å². The van der Waals surface area contributed by atoms with Crippen molar-refractivity contribution in [1.29, 1.82) is 0 Å². The molecule has 0 bridgehead atoms. The van der Waals surface area contributed by atoms with Crippen LogP contribution in [0.2, 0.25) is 0 Å². The minimum absolute atomic E-state index is 0.00774. The maximum absolute atomic E-state index is 11.3. The van der Waals surface area contributed by atoms with Crippen molar-refractivity contribution in [1.82, 2.24) is 24.1 Å². The number of aromatic nitrogens is 5. The van der Waals surface area contributed by atoms with Crippen molar-refractivity contribution in [2.45, 2.75) is 4.90 Å². The number of rotatable bonds is 6. The fraction of sp³-hybridized carbons (Fsp3) is 0. The Morgan fingerprint density at radius 2 is 1.55 bits per heavy atom. The van der Waals surface area contributed by atoms with Gasteiger partial charge >= 0.3 is 0 Å². The van der Waals surface area contributed by atoms with Crippen molar-refractivity contribution in [3.05, 3.63) is 54.6 Å². The lowest BCUT2D eigenvalue weighted by molar-refractivity contribution is 0.598.